The molecule has 0 radical (unpaired) electrons. The SMILES string of the molecule is C=C.CC.CC(C)(C)OC(=O)N1CC(OCCCOCCCO)C1.Cn1c2ccncc2c2ccc(-c3ccc(OC4CCC4)nc3)cc21. The van der Waals surface area contributed by atoms with Gasteiger partial charge in [0.05, 0.1) is 24.7 Å². The summed E-state index contributed by atoms with van der Waals surface area (Å²) in [6, 6.07) is 12.7. The minimum Gasteiger partial charge on any atom is -0.474 e. The second-order valence-electron chi connectivity index (χ2n) is 12.7. The van der Waals surface area contributed by atoms with E-state index in [4.69, 9.17) is 24.1 Å². The van der Waals surface area contributed by atoms with E-state index in [1.807, 2.05) is 59.3 Å². The van der Waals surface area contributed by atoms with Gasteiger partial charge in [0.15, 0.2) is 0 Å². The normalized spacial score (nSPS) is 14.3. The van der Waals surface area contributed by atoms with Gasteiger partial charge < -0.3 is 33.5 Å². The molecule has 0 spiro atoms. The number of ether oxygens (including phenoxy) is 4. The molecule has 1 N–H and O–H groups in total. The summed E-state index contributed by atoms with van der Waals surface area (Å²) in [6.07, 6.45) is 10.9. The van der Waals surface area contributed by atoms with Gasteiger partial charge in [-0.2, -0.15) is 0 Å². The largest absolute Gasteiger partial charge is 0.474 e. The molecule has 268 valence electrons. The van der Waals surface area contributed by atoms with Crippen LogP contribution in [-0.2, 0) is 21.3 Å². The molecule has 3 aromatic heterocycles. The zero-order valence-electron chi connectivity index (χ0n) is 30.3. The third kappa shape index (κ3) is 11.5. The van der Waals surface area contributed by atoms with Crippen molar-refractivity contribution < 1.29 is 28.8 Å². The van der Waals surface area contributed by atoms with Gasteiger partial charge in [-0.3, -0.25) is 4.98 Å². The van der Waals surface area contributed by atoms with E-state index in [0.717, 1.165) is 36.3 Å². The molecule has 1 aromatic carbocycles. The average molecular weight is 677 g/mol. The number of aryl methyl sites for hydroxylation is 1. The highest BCUT2D eigenvalue weighted by atomic mass is 16.6. The highest BCUT2D eigenvalue weighted by molar-refractivity contribution is 6.08. The van der Waals surface area contributed by atoms with Gasteiger partial charge in [-0.05, 0) is 76.6 Å². The van der Waals surface area contributed by atoms with Crippen molar-refractivity contribution >= 4 is 27.9 Å². The summed E-state index contributed by atoms with van der Waals surface area (Å²) in [5.74, 6) is 0.727. The van der Waals surface area contributed by atoms with E-state index in [1.165, 1.54) is 28.2 Å². The van der Waals surface area contributed by atoms with Crippen LogP contribution in [0.15, 0.2) is 68.1 Å². The minimum atomic E-state index is -0.449. The predicted octanol–water partition coefficient (Wildman–Crippen LogP) is 7.96. The summed E-state index contributed by atoms with van der Waals surface area (Å²) in [6.45, 7) is 18.8. The van der Waals surface area contributed by atoms with Crippen molar-refractivity contribution in [2.24, 2.45) is 7.05 Å². The molecule has 2 aliphatic rings. The maximum Gasteiger partial charge on any atom is 0.410 e. The lowest BCUT2D eigenvalue weighted by atomic mass is 9.96. The van der Waals surface area contributed by atoms with Gasteiger partial charge in [0, 0.05) is 80.0 Å². The van der Waals surface area contributed by atoms with Crippen LogP contribution in [0, 0.1) is 0 Å². The van der Waals surface area contributed by atoms with Gasteiger partial charge in [0.2, 0.25) is 5.88 Å². The lowest BCUT2D eigenvalue weighted by molar-refractivity contribution is -0.0665. The van der Waals surface area contributed by atoms with Crippen LogP contribution in [0.2, 0.25) is 0 Å². The summed E-state index contributed by atoms with van der Waals surface area (Å²) >= 11 is 0. The van der Waals surface area contributed by atoms with Crippen LogP contribution in [0.25, 0.3) is 32.9 Å². The summed E-state index contributed by atoms with van der Waals surface area (Å²) in [5, 5.41) is 11.0. The van der Waals surface area contributed by atoms with Crippen molar-refractivity contribution in [1.82, 2.24) is 19.4 Å². The molecule has 1 aliphatic heterocycles. The van der Waals surface area contributed by atoms with Gasteiger partial charge in [0.25, 0.3) is 0 Å². The monoisotopic (exact) mass is 676 g/mol. The van der Waals surface area contributed by atoms with Crippen molar-refractivity contribution in [3.8, 4) is 17.0 Å². The number of hydrogen-bond donors (Lipinski definition) is 1. The number of pyridine rings is 2. The molecule has 1 amide bonds. The number of nitrogens with zero attached hydrogens (tertiary/aromatic N) is 4. The molecular weight excluding hydrogens is 620 g/mol. The standard InChI is InChI=1S/C21H19N3O.C14H27NO5.C2H6.C2H4/c1-24-19-9-10-22-13-18(19)17-7-5-14(11-20(17)24)15-6-8-21(23-12-15)25-16-3-2-4-16;1-14(2,3)20-13(17)15-10-12(11-15)19-9-5-8-18-7-4-6-16;2*1-2/h5-13,16H,2-4H2,1H3;12,16H,4-11H2,1-3H3;1-2H3;1-2H2. The number of likely N-dealkylation sites (tertiary alicyclic amines) is 1. The first-order valence-corrected chi connectivity index (χ1v) is 17.4. The number of aliphatic hydroxyl groups is 1. The van der Waals surface area contributed by atoms with Crippen molar-refractivity contribution in [3.05, 3.63) is 68.1 Å². The summed E-state index contributed by atoms with van der Waals surface area (Å²) in [4.78, 5) is 22.1. The molecule has 0 bridgehead atoms. The molecule has 10 heteroatoms. The average Bonchev–Trinajstić information content (AvgIpc) is 3.35. The van der Waals surface area contributed by atoms with Crippen LogP contribution >= 0.6 is 0 Å². The number of hydrogen-bond acceptors (Lipinski definition) is 8. The second kappa shape index (κ2) is 19.9. The fourth-order valence-electron chi connectivity index (χ4n) is 5.21. The van der Waals surface area contributed by atoms with E-state index in [0.29, 0.717) is 45.4 Å². The third-order valence-corrected chi connectivity index (χ3v) is 7.95. The number of amides is 1. The number of rotatable bonds is 11. The van der Waals surface area contributed by atoms with E-state index in [1.54, 1.807) is 4.90 Å². The Balaban J connectivity index is 0.000000247. The van der Waals surface area contributed by atoms with Gasteiger partial charge >= 0.3 is 6.09 Å². The molecule has 6 rings (SSSR count). The van der Waals surface area contributed by atoms with Crippen LogP contribution < -0.4 is 4.74 Å². The Kier molecular flexibility index (Phi) is 16.0. The van der Waals surface area contributed by atoms with E-state index < -0.39 is 5.60 Å². The first kappa shape index (κ1) is 39.4. The first-order chi connectivity index (χ1) is 23.7. The number of aliphatic hydroxyl groups excluding tert-OH is 1. The molecule has 1 aliphatic carbocycles. The zero-order valence-corrected chi connectivity index (χ0v) is 30.3. The topological polar surface area (TPSA) is 108 Å². The van der Waals surface area contributed by atoms with Gasteiger partial charge in [-0.15, -0.1) is 13.2 Å². The number of aromatic nitrogens is 3. The molecule has 0 atom stereocenters. The molecule has 10 nitrogen and oxygen atoms in total. The number of fused-ring (bicyclic) bond motifs is 3. The summed E-state index contributed by atoms with van der Waals surface area (Å²) in [7, 11) is 2.10. The maximum absolute atomic E-state index is 11.7. The smallest absolute Gasteiger partial charge is 0.410 e. The fourth-order valence-corrected chi connectivity index (χ4v) is 5.21. The molecule has 1 saturated carbocycles. The lowest BCUT2D eigenvalue weighted by Gasteiger charge is -2.39. The van der Waals surface area contributed by atoms with Crippen molar-refractivity contribution in [1.29, 1.82) is 0 Å². The van der Waals surface area contributed by atoms with Gasteiger partial charge in [-0.1, -0.05) is 26.0 Å². The van der Waals surface area contributed by atoms with E-state index >= 15 is 0 Å². The second-order valence-corrected chi connectivity index (χ2v) is 12.7. The van der Waals surface area contributed by atoms with Crippen molar-refractivity contribution in [2.45, 2.75) is 84.5 Å². The molecule has 4 aromatic rings. The quantitative estimate of drug-likeness (QED) is 0.126. The van der Waals surface area contributed by atoms with E-state index in [2.05, 4.69) is 65.1 Å². The van der Waals surface area contributed by atoms with Crippen molar-refractivity contribution in [3.63, 3.8) is 0 Å². The Morgan fingerprint density at radius 3 is 2.27 bits per heavy atom. The molecule has 1 saturated heterocycles. The van der Waals surface area contributed by atoms with E-state index in [-0.39, 0.29) is 18.8 Å². The third-order valence-electron chi connectivity index (χ3n) is 7.95. The van der Waals surface area contributed by atoms with Gasteiger partial charge in [-0.25, -0.2) is 9.78 Å². The molecular formula is C39H56N4O6. The number of benzene rings is 1. The molecule has 0 unspecified atom stereocenters. The number of carbonyl (C=O) groups excluding carboxylic acids is 1. The van der Waals surface area contributed by atoms with Crippen molar-refractivity contribution in [2.75, 3.05) is 39.5 Å². The lowest BCUT2D eigenvalue weighted by Crippen LogP contribution is -2.56. The van der Waals surface area contributed by atoms with Crippen LogP contribution in [-0.4, -0.2) is 88.0 Å². The predicted molar refractivity (Wildman–Crippen MR) is 197 cm³/mol. The van der Waals surface area contributed by atoms with Gasteiger partial charge in [0.1, 0.15) is 11.7 Å². The Morgan fingerprint density at radius 2 is 1.63 bits per heavy atom. The van der Waals surface area contributed by atoms with Crippen LogP contribution in [0.1, 0.15) is 66.7 Å². The Morgan fingerprint density at radius 1 is 0.918 bits per heavy atom. The Hall–Kier alpha value is -3.99. The molecule has 4 heterocycles. The summed E-state index contributed by atoms with van der Waals surface area (Å²) < 4.78 is 24.2. The highest BCUT2D eigenvalue weighted by Gasteiger charge is 2.34. The fraction of sp³-hybridized carbons (Fsp3) is 0.513. The zero-order chi connectivity index (χ0) is 35.8. The maximum atomic E-state index is 11.7. The molecule has 49 heavy (non-hydrogen) atoms. The number of carbonyl (C=O) groups is 1. The molecule has 2 fully saturated rings. The first-order valence-electron chi connectivity index (χ1n) is 17.4. The van der Waals surface area contributed by atoms with Crippen LogP contribution in [0.5, 0.6) is 5.88 Å². The minimum absolute atomic E-state index is 0.111. The Bertz CT molecular complexity index is 1560. The Labute approximate surface area is 292 Å². The van der Waals surface area contributed by atoms with Crippen LogP contribution in [0.4, 0.5) is 4.79 Å². The van der Waals surface area contributed by atoms with Crippen LogP contribution in [0.3, 0.4) is 0 Å². The van der Waals surface area contributed by atoms with E-state index in [9.17, 15) is 4.79 Å². The highest BCUT2D eigenvalue weighted by Crippen LogP contribution is 2.32. The summed E-state index contributed by atoms with van der Waals surface area (Å²) in [5.41, 5.74) is 4.22.